The Balaban J connectivity index is 2.07. The van der Waals surface area contributed by atoms with Crippen molar-refractivity contribution in [3.8, 4) is 0 Å². The molecule has 0 unspecified atom stereocenters. The minimum absolute atomic E-state index is 0.651. The summed E-state index contributed by atoms with van der Waals surface area (Å²) < 4.78 is 5.25. The number of hydrazone groups is 1. The maximum Gasteiger partial charge on any atom is 0.0694 e. The predicted octanol–water partition coefficient (Wildman–Crippen LogP) is 3.36. The first kappa shape index (κ1) is 15.7. The van der Waals surface area contributed by atoms with Gasteiger partial charge in [0.1, 0.15) is 0 Å². The zero-order chi connectivity index (χ0) is 15.7. The van der Waals surface area contributed by atoms with Crippen molar-refractivity contribution in [2.45, 2.75) is 6.42 Å². The Morgan fingerprint density at radius 1 is 1.23 bits per heavy atom. The smallest absolute Gasteiger partial charge is 0.0694 e. The molecule has 2 heterocycles. The van der Waals surface area contributed by atoms with Crippen molar-refractivity contribution in [1.29, 1.82) is 0 Å². The van der Waals surface area contributed by atoms with Gasteiger partial charge >= 0.3 is 0 Å². The van der Waals surface area contributed by atoms with E-state index in [1.165, 1.54) is 17.0 Å². The van der Waals surface area contributed by atoms with Crippen molar-refractivity contribution in [2.75, 3.05) is 40.4 Å². The number of benzene rings is 1. The molecule has 0 saturated heterocycles. The second-order valence-corrected chi connectivity index (χ2v) is 6.45. The fourth-order valence-electron chi connectivity index (χ4n) is 3.05. The SMILES string of the molecule is COCCN1CCC2=NN(C)CC2=C1c1cc(Cl)cc(Cl)c1. The van der Waals surface area contributed by atoms with Crippen molar-refractivity contribution in [3.63, 3.8) is 0 Å². The number of hydrogen-bond acceptors (Lipinski definition) is 4. The first-order chi connectivity index (χ1) is 10.6. The number of likely N-dealkylation sites (N-methyl/N-ethyl adjacent to an activating group) is 1. The normalized spacial score (nSPS) is 17.9. The maximum atomic E-state index is 6.20. The van der Waals surface area contributed by atoms with E-state index in [0.29, 0.717) is 16.7 Å². The molecule has 0 atom stereocenters. The van der Waals surface area contributed by atoms with E-state index in [-0.39, 0.29) is 0 Å². The molecule has 0 spiro atoms. The van der Waals surface area contributed by atoms with Gasteiger partial charge in [0, 0.05) is 54.8 Å². The minimum Gasteiger partial charge on any atom is -0.383 e. The van der Waals surface area contributed by atoms with Crippen LogP contribution in [0.15, 0.2) is 28.9 Å². The molecule has 0 fully saturated rings. The molecule has 0 radical (unpaired) electrons. The van der Waals surface area contributed by atoms with Crippen molar-refractivity contribution in [1.82, 2.24) is 9.91 Å². The molecule has 22 heavy (non-hydrogen) atoms. The largest absolute Gasteiger partial charge is 0.383 e. The summed E-state index contributed by atoms with van der Waals surface area (Å²) in [6.07, 6.45) is 0.960. The van der Waals surface area contributed by atoms with Crippen LogP contribution in [-0.4, -0.2) is 56.0 Å². The van der Waals surface area contributed by atoms with Gasteiger partial charge in [-0.15, -0.1) is 0 Å². The lowest BCUT2D eigenvalue weighted by molar-refractivity contribution is 0.173. The molecular weight excluding hydrogens is 321 g/mol. The van der Waals surface area contributed by atoms with Gasteiger partial charge in [0.15, 0.2) is 0 Å². The number of halogens is 2. The molecule has 6 heteroatoms. The van der Waals surface area contributed by atoms with E-state index >= 15 is 0 Å². The van der Waals surface area contributed by atoms with Gasteiger partial charge in [-0.25, -0.2) is 0 Å². The molecule has 118 valence electrons. The van der Waals surface area contributed by atoms with E-state index in [0.717, 1.165) is 31.6 Å². The number of methoxy groups -OCH3 is 1. The van der Waals surface area contributed by atoms with Gasteiger partial charge in [0.25, 0.3) is 0 Å². The van der Waals surface area contributed by atoms with E-state index in [4.69, 9.17) is 27.9 Å². The number of nitrogens with zero attached hydrogens (tertiary/aromatic N) is 3. The van der Waals surface area contributed by atoms with Crippen molar-refractivity contribution < 1.29 is 4.74 Å². The monoisotopic (exact) mass is 339 g/mol. The minimum atomic E-state index is 0.651. The third-order valence-electron chi connectivity index (χ3n) is 3.95. The van der Waals surface area contributed by atoms with Gasteiger partial charge in [-0.2, -0.15) is 5.10 Å². The van der Waals surface area contributed by atoms with Crippen LogP contribution in [0, 0.1) is 0 Å². The van der Waals surface area contributed by atoms with Crippen LogP contribution >= 0.6 is 23.2 Å². The predicted molar refractivity (Wildman–Crippen MR) is 91.5 cm³/mol. The zero-order valence-corrected chi connectivity index (χ0v) is 14.3. The summed E-state index contributed by atoms with van der Waals surface area (Å²) in [5, 5.41) is 7.90. The number of fused-ring (bicyclic) bond motifs is 1. The first-order valence-electron chi connectivity index (χ1n) is 7.31. The Bertz CT molecular complexity index is 622. The fourth-order valence-corrected chi connectivity index (χ4v) is 3.58. The van der Waals surface area contributed by atoms with Crippen LogP contribution in [0.2, 0.25) is 10.0 Å². The summed E-state index contributed by atoms with van der Waals surface area (Å²) in [7, 11) is 3.73. The summed E-state index contributed by atoms with van der Waals surface area (Å²) in [6, 6.07) is 5.70. The molecule has 0 bridgehead atoms. The van der Waals surface area contributed by atoms with Crippen LogP contribution in [0.25, 0.3) is 5.70 Å². The highest BCUT2D eigenvalue weighted by atomic mass is 35.5. The van der Waals surface area contributed by atoms with E-state index < -0.39 is 0 Å². The molecule has 2 aliphatic heterocycles. The van der Waals surface area contributed by atoms with Gasteiger partial charge in [0.05, 0.1) is 24.6 Å². The van der Waals surface area contributed by atoms with Crippen LogP contribution < -0.4 is 0 Å². The highest BCUT2D eigenvalue weighted by Crippen LogP contribution is 2.34. The maximum absolute atomic E-state index is 6.20. The second-order valence-electron chi connectivity index (χ2n) is 5.58. The molecule has 0 aromatic heterocycles. The van der Waals surface area contributed by atoms with E-state index in [1.807, 2.05) is 24.2 Å². The summed E-state index contributed by atoms with van der Waals surface area (Å²) in [5.41, 5.74) is 4.66. The second kappa shape index (κ2) is 6.49. The van der Waals surface area contributed by atoms with E-state index in [2.05, 4.69) is 10.0 Å². The Morgan fingerprint density at radius 3 is 2.64 bits per heavy atom. The number of ether oxygens (including phenoxy) is 1. The molecule has 0 amide bonds. The van der Waals surface area contributed by atoms with Crippen molar-refractivity contribution in [3.05, 3.63) is 39.4 Å². The third kappa shape index (κ3) is 3.09. The van der Waals surface area contributed by atoms with Crippen molar-refractivity contribution >= 4 is 34.6 Å². The third-order valence-corrected chi connectivity index (χ3v) is 4.39. The van der Waals surface area contributed by atoms with Gasteiger partial charge in [-0.3, -0.25) is 5.01 Å². The molecule has 2 aliphatic rings. The number of rotatable bonds is 4. The molecule has 4 nitrogen and oxygen atoms in total. The quantitative estimate of drug-likeness (QED) is 0.841. The van der Waals surface area contributed by atoms with Gasteiger partial charge < -0.3 is 9.64 Å². The standard InChI is InChI=1S/C16H19Cl2N3O/c1-20-10-14-15(19-20)3-4-21(5-6-22-2)16(14)11-7-12(17)9-13(18)8-11/h7-9H,3-6,10H2,1-2H3. The Morgan fingerprint density at radius 2 is 1.95 bits per heavy atom. The van der Waals surface area contributed by atoms with E-state index in [1.54, 1.807) is 13.2 Å². The summed E-state index contributed by atoms with van der Waals surface area (Å²) in [5.74, 6) is 0. The molecular formula is C16H19Cl2N3O. The Hall–Kier alpha value is -1.23. The summed E-state index contributed by atoms with van der Waals surface area (Å²) >= 11 is 12.4. The van der Waals surface area contributed by atoms with Gasteiger partial charge in [-0.05, 0) is 18.2 Å². The average Bonchev–Trinajstić information content (AvgIpc) is 2.83. The number of hydrogen-bond donors (Lipinski definition) is 0. The average molecular weight is 340 g/mol. The molecule has 0 N–H and O–H groups in total. The Labute approximate surface area is 140 Å². The summed E-state index contributed by atoms with van der Waals surface area (Å²) in [6.45, 7) is 3.28. The Kier molecular flexibility index (Phi) is 4.62. The van der Waals surface area contributed by atoms with Gasteiger partial charge in [0.2, 0.25) is 0 Å². The lowest BCUT2D eigenvalue weighted by atomic mass is 9.96. The fraction of sp³-hybridized carbons (Fsp3) is 0.438. The molecule has 1 aromatic rings. The first-order valence-corrected chi connectivity index (χ1v) is 8.06. The molecule has 1 aromatic carbocycles. The summed E-state index contributed by atoms with van der Waals surface area (Å²) in [4.78, 5) is 2.35. The molecule has 0 saturated carbocycles. The van der Waals surface area contributed by atoms with Crippen LogP contribution in [0.3, 0.4) is 0 Å². The van der Waals surface area contributed by atoms with Crippen LogP contribution in [0.1, 0.15) is 12.0 Å². The molecule has 0 aliphatic carbocycles. The van der Waals surface area contributed by atoms with Crippen LogP contribution in [-0.2, 0) is 4.74 Å². The lowest BCUT2D eigenvalue weighted by Crippen LogP contribution is -2.34. The highest BCUT2D eigenvalue weighted by molar-refractivity contribution is 6.35. The topological polar surface area (TPSA) is 28.1 Å². The highest BCUT2D eigenvalue weighted by Gasteiger charge is 2.30. The van der Waals surface area contributed by atoms with Crippen molar-refractivity contribution in [2.24, 2.45) is 5.10 Å². The van der Waals surface area contributed by atoms with Gasteiger partial charge in [-0.1, -0.05) is 23.2 Å². The molecule has 3 rings (SSSR count). The van der Waals surface area contributed by atoms with Crippen LogP contribution in [0.4, 0.5) is 0 Å². The lowest BCUT2D eigenvalue weighted by Gasteiger charge is -2.33. The van der Waals surface area contributed by atoms with Crippen LogP contribution in [0.5, 0.6) is 0 Å². The van der Waals surface area contributed by atoms with E-state index in [9.17, 15) is 0 Å². The zero-order valence-electron chi connectivity index (χ0n) is 12.8.